The van der Waals surface area contributed by atoms with E-state index >= 15 is 0 Å². The van der Waals surface area contributed by atoms with Crippen molar-refractivity contribution >= 4 is 11.9 Å². The molecule has 0 bridgehead atoms. The third kappa shape index (κ3) is 4.25. The molecule has 0 aliphatic carbocycles. The molecule has 1 saturated heterocycles. The maximum absolute atomic E-state index is 12.7. The van der Waals surface area contributed by atoms with Gasteiger partial charge in [-0.1, -0.05) is 12.1 Å². The molecular weight excluding hydrogens is 356 g/mol. The van der Waals surface area contributed by atoms with Gasteiger partial charge in [-0.05, 0) is 30.5 Å². The van der Waals surface area contributed by atoms with Crippen LogP contribution in [-0.2, 0) is 9.53 Å². The summed E-state index contributed by atoms with van der Waals surface area (Å²) in [6, 6.07) is 7.80. The van der Waals surface area contributed by atoms with Crippen molar-refractivity contribution in [1.29, 1.82) is 0 Å². The van der Waals surface area contributed by atoms with Gasteiger partial charge in [0.1, 0.15) is 5.75 Å². The van der Waals surface area contributed by atoms with Crippen LogP contribution in [0.4, 0.5) is 5.95 Å². The number of anilines is 1. The van der Waals surface area contributed by atoms with Gasteiger partial charge in [0.2, 0.25) is 11.9 Å². The first kappa shape index (κ1) is 20.1. The fraction of sp³-hybridized carbons (Fsp3) is 0.476. The average molecular weight is 384 g/mol. The number of aromatic nitrogens is 2. The van der Waals surface area contributed by atoms with Gasteiger partial charge in [0.15, 0.2) is 0 Å². The molecule has 2 aromatic rings. The van der Waals surface area contributed by atoms with Gasteiger partial charge in [-0.3, -0.25) is 4.79 Å². The predicted molar refractivity (Wildman–Crippen MR) is 109 cm³/mol. The number of rotatable bonds is 7. The number of ether oxygens (including phenoxy) is 2. The second-order valence-corrected chi connectivity index (χ2v) is 7.08. The lowest BCUT2D eigenvalue weighted by Gasteiger charge is -2.27. The van der Waals surface area contributed by atoms with E-state index in [0.29, 0.717) is 19.0 Å². The predicted octanol–water partition coefficient (Wildman–Crippen LogP) is 2.92. The minimum atomic E-state index is -0.0627. The van der Waals surface area contributed by atoms with Crippen molar-refractivity contribution in [3.05, 3.63) is 36.2 Å². The zero-order valence-corrected chi connectivity index (χ0v) is 17.0. The van der Waals surface area contributed by atoms with E-state index in [-0.39, 0.29) is 11.9 Å². The molecule has 1 aromatic heterocycles. The fourth-order valence-corrected chi connectivity index (χ4v) is 3.55. The molecule has 1 atom stereocenters. The Hall–Kier alpha value is -2.67. The molecule has 1 amide bonds. The van der Waals surface area contributed by atoms with Crippen LogP contribution in [0, 0.1) is 0 Å². The van der Waals surface area contributed by atoms with Crippen molar-refractivity contribution in [2.24, 2.45) is 0 Å². The Morgan fingerprint density at radius 2 is 2.14 bits per heavy atom. The lowest BCUT2D eigenvalue weighted by Crippen LogP contribution is -2.32. The highest BCUT2D eigenvalue weighted by Crippen LogP contribution is 2.38. The quantitative estimate of drug-likeness (QED) is 0.731. The number of hydrogen-bond donors (Lipinski definition) is 0. The maximum atomic E-state index is 12.7. The van der Waals surface area contributed by atoms with E-state index in [9.17, 15) is 4.79 Å². The fourth-order valence-electron chi connectivity index (χ4n) is 3.55. The highest BCUT2D eigenvalue weighted by Gasteiger charge is 2.33. The summed E-state index contributed by atoms with van der Waals surface area (Å²) < 4.78 is 10.5. The molecule has 0 unspecified atom stereocenters. The van der Waals surface area contributed by atoms with Crippen molar-refractivity contribution in [1.82, 2.24) is 14.9 Å². The second kappa shape index (κ2) is 9.01. The summed E-state index contributed by atoms with van der Waals surface area (Å²) >= 11 is 0. The first-order chi connectivity index (χ1) is 13.5. The van der Waals surface area contributed by atoms with E-state index < -0.39 is 0 Å². The number of carbonyl (C=O) groups is 1. The van der Waals surface area contributed by atoms with E-state index in [1.807, 2.05) is 54.4 Å². The van der Waals surface area contributed by atoms with E-state index in [4.69, 9.17) is 14.5 Å². The van der Waals surface area contributed by atoms with Crippen LogP contribution in [0.15, 0.2) is 30.5 Å². The maximum Gasteiger partial charge on any atom is 0.225 e. The van der Waals surface area contributed by atoms with Gasteiger partial charge in [0, 0.05) is 39.5 Å². The van der Waals surface area contributed by atoms with Crippen molar-refractivity contribution in [2.75, 3.05) is 46.4 Å². The van der Waals surface area contributed by atoms with Crippen LogP contribution in [0.5, 0.6) is 5.75 Å². The van der Waals surface area contributed by atoms with Gasteiger partial charge < -0.3 is 19.3 Å². The number of nitrogens with zero attached hydrogens (tertiary/aromatic N) is 4. The number of likely N-dealkylation sites (tertiary alicyclic amines) is 1. The summed E-state index contributed by atoms with van der Waals surface area (Å²) in [4.78, 5) is 25.9. The molecule has 7 nitrogen and oxygen atoms in total. The van der Waals surface area contributed by atoms with Crippen LogP contribution in [-0.4, -0.2) is 62.2 Å². The normalized spacial score (nSPS) is 16.3. The molecule has 3 rings (SSSR count). The van der Waals surface area contributed by atoms with Crippen LogP contribution >= 0.6 is 0 Å². The van der Waals surface area contributed by atoms with Crippen molar-refractivity contribution in [2.45, 2.75) is 25.3 Å². The average Bonchev–Trinajstić information content (AvgIpc) is 3.21. The van der Waals surface area contributed by atoms with E-state index in [2.05, 4.69) is 4.98 Å². The first-order valence-corrected chi connectivity index (χ1v) is 9.52. The smallest absolute Gasteiger partial charge is 0.225 e. The number of benzene rings is 1. The summed E-state index contributed by atoms with van der Waals surface area (Å²) in [5, 5.41) is 0. The van der Waals surface area contributed by atoms with E-state index in [0.717, 1.165) is 42.0 Å². The molecule has 0 radical (unpaired) electrons. The standard InChI is InChI=1S/C21H28N4O3/c1-24(2)21-22-14-17(15-7-5-8-16(13-15)28-4)20(23-21)18-9-6-11-25(18)19(26)10-12-27-3/h5,7-8,13-14,18H,6,9-12H2,1-4H3/t18-/m0/s1. The zero-order valence-electron chi connectivity index (χ0n) is 17.0. The van der Waals surface area contributed by atoms with Crippen molar-refractivity contribution in [3.63, 3.8) is 0 Å². The van der Waals surface area contributed by atoms with Crippen LogP contribution in [0.25, 0.3) is 11.1 Å². The molecule has 150 valence electrons. The van der Waals surface area contributed by atoms with Gasteiger partial charge >= 0.3 is 0 Å². The summed E-state index contributed by atoms with van der Waals surface area (Å²) in [6.45, 7) is 1.17. The van der Waals surface area contributed by atoms with Gasteiger partial charge in [0.25, 0.3) is 0 Å². The topological polar surface area (TPSA) is 67.8 Å². The first-order valence-electron chi connectivity index (χ1n) is 9.52. The second-order valence-electron chi connectivity index (χ2n) is 7.08. The zero-order chi connectivity index (χ0) is 20.1. The summed E-state index contributed by atoms with van der Waals surface area (Å²) in [6.07, 6.45) is 4.08. The molecular formula is C21H28N4O3. The lowest BCUT2D eigenvalue weighted by atomic mass is 9.99. The van der Waals surface area contributed by atoms with E-state index in [1.165, 1.54) is 0 Å². The third-order valence-corrected chi connectivity index (χ3v) is 5.00. The number of hydrogen-bond acceptors (Lipinski definition) is 6. The van der Waals surface area contributed by atoms with Crippen LogP contribution < -0.4 is 9.64 Å². The Labute approximate surface area is 166 Å². The monoisotopic (exact) mass is 384 g/mol. The Kier molecular flexibility index (Phi) is 6.46. The van der Waals surface area contributed by atoms with Gasteiger partial charge in [-0.25, -0.2) is 9.97 Å². The molecule has 7 heteroatoms. The Bertz CT molecular complexity index is 825. The SMILES string of the molecule is COCCC(=O)N1CCC[C@H]1c1nc(N(C)C)ncc1-c1cccc(OC)c1. The molecule has 2 heterocycles. The number of carbonyl (C=O) groups excluding carboxylic acids is 1. The van der Waals surface area contributed by atoms with Crippen LogP contribution in [0.3, 0.4) is 0 Å². The summed E-state index contributed by atoms with van der Waals surface area (Å²) in [7, 11) is 7.10. The Morgan fingerprint density at radius 3 is 2.86 bits per heavy atom. The molecule has 0 saturated carbocycles. The summed E-state index contributed by atoms with van der Waals surface area (Å²) in [5.74, 6) is 1.52. The van der Waals surface area contributed by atoms with E-state index in [1.54, 1.807) is 14.2 Å². The number of amides is 1. The van der Waals surface area contributed by atoms with Crippen LogP contribution in [0.2, 0.25) is 0 Å². The number of methoxy groups -OCH3 is 2. The molecule has 0 N–H and O–H groups in total. The molecule has 28 heavy (non-hydrogen) atoms. The molecule has 1 aromatic carbocycles. The van der Waals surface area contributed by atoms with Crippen molar-refractivity contribution < 1.29 is 14.3 Å². The highest BCUT2D eigenvalue weighted by molar-refractivity contribution is 5.78. The molecule has 1 aliphatic heterocycles. The third-order valence-electron chi connectivity index (χ3n) is 5.00. The minimum Gasteiger partial charge on any atom is -0.497 e. The van der Waals surface area contributed by atoms with Crippen LogP contribution in [0.1, 0.15) is 31.0 Å². The molecule has 0 spiro atoms. The summed E-state index contributed by atoms with van der Waals surface area (Å²) in [5.41, 5.74) is 2.80. The largest absolute Gasteiger partial charge is 0.497 e. The molecule has 1 aliphatic rings. The molecule has 1 fully saturated rings. The lowest BCUT2D eigenvalue weighted by molar-refractivity contribution is -0.133. The van der Waals surface area contributed by atoms with Gasteiger partial charge in [-0.15, -0.1) is 0 Å². The van der Waals surface area contributed by atoms with Gasteiger partial charge in [-0.2, -0.15) is 0 Å². The highest BCUT2D eigenvalue weighted by atomic mass is 16.5. The Morgan fingerprint density at radius 1 is 1.32 bits per heavy atom. The Balaban J connectivity index is 2.04. The minimum absolute atomic E-state index is 0.0627. The van der Waals surface area contributed by atoms with Crippen molar-refractivity contribution in [3.8, 4) is 16.9 Å². The van der Waals surface area contributed by atoms with Gasteiger partial charge in [0.05, 0.1) is 31.9 Å².